The predicted molar refractivity (Wildman–Crippen MR) is 32.5 cm³/mol. The molecule has 0 saturated carbocycles. The third-order valence-corrected chi connectivity index (χ3v) is 0.274. The molecule has 4 radical (unpaired) electrons. The van der Waals surface area contributed by atoms with Crippen LogP contribution in [0.1, 0.15) is 0 Å². The lowest BCUT2D eigenvalue weighted by molar-refractivity contribution is 1.49. The van der Waals surface area contributed by atoms with Crippen molar-refractivity contribution in [1.82, 2.24) is 0 Å². The van der Waals surface area contributed by atoms with Gasteiger partial charge < -0.3 is 0 Å². The quantitative estimate of drug-likeness (QED) is 0.233. The van der Waals surface area contributed by atoms with E-state index in [9.17, 15) is 0 Å². The van der Waals surface area contributed by atoms with Crippen LogP contribution in [0.4, 0.5) is 0 Å². The van der Waals surface area contributed by atoms with Gasteiger partial charge in [-0.2, -0.15) is 0 Å². The Kier molecular flexibility index (Phi) is 31.8. The van der Waals surface area contributed by atoms with E-state index in [1.807, 2.05) is 0 Å². The van der Waals surface area contributed by atoms with Crippen LogP contribution in [0, 0.1) is 0 Å². The number of rotatable bonds is 0. The van der Waals surface area contributed by atoms with E-state index >= 15 is 0 Å². The second-order valence-corrected chi connectivity index (χ2v) is 0.497. The smallest absolute Gasteiger partial charge is 0.0582 e. The minimum Gasteiger partial charge on any atom is -0.236 e. The van der Waals surface area contributed by atoms with Gasteiger partial charge in [-0.3, -0.25) is 0 Å². The summed E-state index contributed by atoms with van der Waals surface area (Å²) in [5, 5.41) is 2.14. The Bertz CT molecular complexity index is 49.5. The Labute approximate surface area is 45.7 Å². The molecule has 0 aliphatic heterocycles. The summed E-state index contributed by atoms with van der Waals surface area (Å²) in [6, 6.07) is 0. The summed E-state index contributed by atoms with van der Waals surface area (Å²) in [7, 11) is 9.59. The molecule has 0 aromatic heterocycles. The van der Waals surface area contributed by atoms with Crippen LogP contribution < -0.4 is 0 Å². The number of isothiocyanates is 1. The Morgan fingerprint density at radius 2 is 1.83 bits per heavy atom. The van der Waals surface area contributed by atoms with Gasteiger partial charge in [0, 0.05) is 22.5 Å². The molecule has 0 heterocycles. The molecule has 4 heteroatoms. The lowest BCUT2D eigenvalue weighted by Gasteiger charge is -1.39. The van der Waals surface area contributed by atoms with Crippen LogP contribution in [-0.4, -0.2) is 27.7 Å². The number of hydrogen-bond donors (Lipinski definition) is 0. The van der Waals surface area contributed by atoms with Gasteiger partial charge in [0.25, 0.3) is 0 Å². The van der Waals surface area contributed by atoms with Crippen molar-refractivity contribution in [2.75, 3.05) is 7.05 Å². The molecule has 0 aromatic carbocycles. The molecule has 0 rings (SSSR count). The summed E-state index contributed by atoms with van der Waals surface area (Å²) < 4.78 is 0. The van der Waals surface area contributed by atoms with Crippen molar-refractivity contribution >= 4 is 32.9 Å². The van der Waals surface area contributed by atoms with Crippen LogP contribution in [0.15, 0.2) is 4.99 Å². The van der Waals surface area contributed by atoms with Crippen molar-refractivity contribution in [1.29, 1.82) is 0 Å². The standard InChI is InChI=1S/C2H3NS.B2/c1-3-2-4;1-2/h1H3;. The van der Waals surface area contributed by atoms with Crippen molar-refractivity contribution in [2.45, 2.75) is 0 Å². The molecule has 6 heavy (non-hydrogen) atoms. The maximum atomic E-state index is 4.14. The summed E-state index contributed by atoms with van der Waals surface area (Å²) in [6.07, 6.45) is 0. The van der Waals surface area contributed by atoms with E-state index in [0.29, 0.717) is 0 Å². The van der Waals surface area contributed by atoms with Crippen molar-refractivity contribution in [3.8, 4) is 0 Å². The summed E-state index contributed by atoms with van der Waals surface area (Å²) in [5.74, 6) is 0. The highest BCUT2D eigenvalue weighted by molar-refractivity contribution is 7.78. The van der Waals surface area contributed by atoms with Gasteiger partial charge >= 0.3 is 0 Å². The molecule has 0 aliphatic carbocycles. The molecule has 28 valence electrons. The second-order valence-electron chi connectivity index (χ2n) is 0.315. The number of thiocarbonyl (C=S) groups is 1. The van der Waals surface area contributed by atoms with Crippen LogP contribution in [0.3, 0.4) is 0 Å². The summed E-state index contributed by atoms with van der Waals surface area (Å²) in [6.45, 7) is 0. The maximum Gasteiger partial charge on any atom is 0.0582 e. The average Bonchev–Trinajstić information content (AvgIpc) is 1.72. The van der Waals surface area contributed by atoms with E-state index in [4.69, 9.17) is 0 Å². The number of aliphatic imine (C=N–C) groups is 1. The van der Waals surface area contributed by atoms with E-state index in [2.05, 4.69) is 37.8 Å². The first-order chi connectivity index (χ1) is 2.91. The Morgan fingerprint density at radius 3 is 1.83 bits per heavy atom. The number of nitrogens with zero attached hydrogens (tertiary/aromatic N) is 1. The fourth-order valence-electron chi connectivity index (χ4n) is 0. The van der Waals surface area contributed by atoms with Gasteiger partial charge in [-0.05, 0) is 12.2 Å². The van der Waals surface area contributed by atoms with Crippen LogP contribution >= 0.6 is 12.2 Å². The first-order valence-corrected chi connectivity index (χ1v) is 1.62. The van der Waals surface area contributed by atoms with Crippen LogP contribution in [0.25, 0.3) is 0 Å². The predicted octanol–water partition coefficient (Wildman–Crippen LogP) is -0.0426. The van der Waals surface area contributed by atoms with Gasteiger partial charge in [0.1, 0.15) is 0 Å². The topological polar surface area (TPSA) is 12.4 Å². The zero-order valence-electron chi connectivity index (χ0n) is 3.51. The minimum absolute atomic E-state index is 1.59. The maximum absolute atomic E-state index is 4.14. The van der Waals surface area contributed by atoms with E-state index in [1.54, 1.807) is 7.05 Å². The molecule has 0 bridgehead atoms. The van der Waals surface area contributed by atoms with Gasteiger partial charge in [-0.25, -0.2) is 4.99 Å². The van der Waals surface area contributed by atoms with Crippen molar-refractivity contribution in [3.05, 3.63) is 0 Å². The zero-order chi connectivity index (χ0) is 5.41. The highest BCUT2D eigenvalue weighted by Gasteiger charge is 1.24. The first-order valence-electron chi connectivity index (χ1n) is 1.21. The fourth-order valence-corrected chi connectivity index (χ4v) is 0. The lowest BCUT2D eigenvalue weighted by atomic mass is 9.81. The Balaban J connectivity index is 0. The van der Waals surface area contributed by atoms with Gasteiger partial charge in [0.05, 0.1) is 5.16 Å². The molecule has 1 nitrogen and oxygen atoms in total. The van der Waals surface area contributed by atoms with Crippen molar-refractivity contribution in [3.63, 3.8) is 0 Å². The van der Waals surface area contributed by atoms with E-state index in [0.717, 1.165) is 0 Å². The highest BCUT2D eigenvalue weighted by Crippen LogP contribution is 1.36. The normalized spacial score (nSPS) is 3.50. The molecule has 0 atom stereocenters. The zero-order valence-corrected chi connectivity index (χ0v) is 4.33. The van der Waals surface area contributed by atoms with E-state index in [-0.39, 0.29) is 0 Å². The van der Waals surface area contributed by atoms with E-state index < -0.39 is 0 Å². The largest absolute Gasteiger partial charge is 0.236 e. The molecule has 0 fully saturated rings. The highest BCUT2D eigenvalue weighted by atomic mass is 32.1. The molecule has 0 saturated heterocycles. The third-order valence-electron chi connectivity index (χ3n) is 0.0913. The summed E-state index contributed by atoms with van der Waals surface area (Å²) in [5.41, 5.74) is 0. The molecular weight excluding hydrogens is 91.7 g/mol. The Morgan fingerprint density at radius 1 is 1.67 bits per heavy atom. The van der Waals surface area contributed by atoms with Crippen molar-refractivity contribution in [2.24, 2.45) is 4.99 Å². The monoisotopic (exact) mass is 95.0 g/mol. The number of hydrogen-bond acceptors (Lipinski definition) is 2. The molecule has 0 amide bonds. The molecule has 0 spiro atoms. The molecular formula is C2H3B2NS. The van der Waals surface area contributed by atoms with Crippen LogP contribution in [-0.2, 0) is 0 Å². The SMILES string of the molecule is CN=C=S.[B][B]. The van der Waals surface area contributed by atoms with Gasteiger partial charge in [0.2, 0.25) is 0 Å². The lowest BCUT2D eigenvalue weighted by Crippen LogP contribution is -1.38. The Hall–Kier alpha value is -0.0701. The molecule has 0 unspecified atom stereocenters. The summed E-state index contributed by atoms with van der Waals surface area (Å²) in [4.78, 5) is 3.30. The molecule has 0 N–H and O–H groups in total. The first kappa shape index (κ1) is 9.33. The average molecular weight is 94.7 g/mol. The molecule has 0 aliphatic rings. The van der Waals surface area contributed by atoms with Gasteiger partial charge in [-0.15, -0.1) is 0 Å². The van der Waals surface area contributed by atoms with Crippen molar-refractivity contribution < 1.29 is 0 Å². The molecule has 0 aromatic rings. The fraction of sp³-hybridized carbons (Fsp3) is 0.500. The third kappa shape index (κ3) is 39.0. The minimum atomic E-state index is 1.59. The van der Waals surface area contributed by atoms with Gasteiger partial charge in [0.15, 0.2) is 0 Å². The van der Waals surface area contributed by atoms with Crippen LogP contribution in [0.2, 0.25) is 0 Å². The van der Waals surface area contributed by atoms with Gasteiger partial charge in [-0.1, -0.05) is 0 Å². The summed E-state index contributed by atoms with van der Waals surface area (Å²) >= 11 is 4.14. The van der Waals surface area contributed by atoms with E-state index in [1.165, 1.54) is 0 Å². The van der Waals surface area contributed by atoms with Crippen LogP contribution in [0.5, 0.6) is 0 Å². The second kappa shape index (κ2) is 20.4.